The number of aromatic nitrogens is 1. The van der Waals surface area contributed by atoms with Crippen LogP contribution in [0.3, 0.4) is 0 Å². The molecule has 1 atom stereocenters. The molecule has 0 aliphatic rings. The molecule has 0 spiro atoms. The fourth-order valence-corrected chi connectivity index (χ4v) is 1.49. The Bertz CT molecular complexity index is 403. The van der Waals surface area contributed by atoms with Gasteiger partial charge in [-0.15, -0.1) is 0 Å². The smallest absolute Gasteiger partial charge is 0.181 e. The van der Waals surface area contributed by atoms with E-state index in [1.54, 1.807) is 0 Å². The minimum Gasteiger partial charge on any atom is -0.443 e. The lowest BCUT2D eigenvalue weighted by Crippen LogP contribution is -1.94. The van der Waals surface area contributed by atoms with Gasteiger partial charge in [0.2, 0.25) is 0 Å². The molecule has 1 aromatic heterocycles. The summed E-state index contributed by atoms with van der Waals surface area (Å²) in [4.78, 5) is 4.18. The third kappa shape index (κ3) is 1.57. The highest BCUT2D eigenvalue weighted by Gasteiger charge is 2.05. The van der Waals surface area contributed by atoms with Crippen LogP contribution in [0.15, 0.2) is 29.0 Å². The van der Waals surface area contributed by atoms with Crippen molar-refractivity contribution >= 4 is 11.1 Å². The van der Waals surface area contributed by atoms with Crippen molar-refractivity contribution in [3.05, 3.63) is 37.1 Å². The van der Waals surface area contributed by atoms with E-state index < -0.39 is 0 Å². The lowest BCUT2D eigenvalue weighted by Gasteiger charge is -2.03. The fourth-order valence-electron chi connectivity index (χ4n) is 1.49. The Hall–Kier alpha value is -1.31. The molecule has 1 heterocycles. The van der Waals surface area contributed by atoms with Crippen LogP contribution in [-0.4, -0.2) is 4.98 Å². The summed E-state index contributed by atoms with van der Waals surface area (Å²) < 4.78 is 5.21. The summed E-state index contributed by atoms with van der Waals surface area (Å²) >= 11 is 0. The largest absolute Gasteiger partial charge is 0.443 e. The van der Waals surface area contributed by atoms with Gasteiger partial charge < -0.3 is 4.42 Å². The molecule has 1 unspecified atom stereocenters. The molecule has 0 aliphatic carbocycles. The van der Waals surface area contributed by atoms with Crippen molar-refractivity contribution in [3.63, 3.8) is 0 Å². The topological polar surface area (TPSA) is 26.0 Å². The fraction of sp³-hybridized carbons (Fsp3) is 0.273. The highest BCUT2D eigenvalue weighted by molar-refractivity contribution is 5.76. The predicted molar refractivity (Wildman–Crippen MR) is 52.2 cm³/mol. The summed E-state index contributed by atoms with van der Waals surface area (Å²) in [7, 11) is 0. The van der Waals surface area contributed by atoms with Crippen molar-refractivity contribution in [1.29, 1.82) is 0 Å². The van der Waals surface area contributed by atoms with E-state index in [9.17, 15) is 0 Å². The van der Waals surface area contributed by atoms with Gasteiger partial charge in [0, 0.05) is 0 Å². The minimum absolute atomic E-state index is 0.405. The second-order valence-corrected chi connectivity index (χ2v) is 3.43. The van der Waals surface area contributed by atoms with E-state index in [-0.39, 0.29) is 0 Å². The molecule has 2 aromatic rings. The first-order valence-corrected chi connectivity index (χ1v) is 4.41. The van der Waals surface area contributed by atoms with Crippen LogP contribution >= 0.6 is 0 Å². The highest BCUT2D eigenvalue weighted by atomic mass is 16.3. The summed E-state index contributed by atoms with van der Waals surface area (Å²) in [5, 5.41) is 0. The van der Waals surface area contributed by atoms with Gasteiger partial charge in [0.15, 0.2) is 12.0 Å². The van der Waals surface area contributed by atoms with Crippen molar-refractivity contribution in [2.75, 3.05) is 0 Å². The molecule has 1 aromatic carbocycles. The zero-order valence-electron chi connectivity index (χ0n) is 7.66. The Kier molecular flexibility index (Phi) is 2.05. The third-order valence-corrected chi connectivity index (χ3v) is 2.01. The van der Waals surface area contributed by atoms with Gasteiger partial charge in [-0.1, -0.05) is 26.0 Å². The first kappa shape index (κ1) is 8.30. The Balaban J connectivity index is 2.48. The number of hydrogen-bond acceptors (Lipinski definition) is 2. The number of oxazole rings is 1. The maximum Gasteiger partial charge on any atom is 0.181 e. The maximum absolute atomic E-state index is 5.21. The van der Waals surface area contributed by atoms with Gasteiger partial charge in [-0.2, -0.15) is 0 Å². The third-order valence-electron chi connectivity index (χ3n) is 2.01. The Morgan fingerprint density at radius 3 is 3.15 bits per heavy atom. The van der Waals surface area contributed by atoms with Crippen LogP contribution in [0.1, 0.15) is 12.5 Å². The predicted octanol–water partition coefficient (Wildman–Crippen LogP) is 2.84. The van der Waals surface area contributed by atoms with Crippen molar-refractivity contribution in [3.8, 4) is 0 Å². The van der Waals surface area contributed by atoms with Gasteiger partial charge in [0.05, 0.1) is 0 Å². The quantitative estimate of drug-likeness (QED) is 0.699. The molecule has 2 rings (SSSR count). The lowest BCUT2D eigenvalue weighted by atomic mass is 10.0. The zero-order valence-corrected chi connectivity index (χ0v) is 7.66. The van der Waals surface area contributed by atoms with Gasteiger partial charge in [0.1, 0.15) is 5.52 Å². The normalized spacial score (nSPS) is 11.3. The SMILES string of the molecule is [CH2]C(C)Cc1cccc2ocnc12. The molecule has 0 saturated heterocycles. The minimum atomic E-state index is 0.405. The van der Waals surface area contributed by atoms with Gasteiger partial charge in [-0.3, -0.25) is 0 Å². The van der Waals surface area contributed by atoms with Gasteiger partial charge in [-0.25, -0.2) is 4.98 Å². The standard InChI is InChI=1S/C11H12NO/c1-8(2)6-9-4-3-5-10-11(9)12-7-13-10/h3-5,7-8H,1,6H2,2H3. The molecule has 1 radical (unpaired) electrons. The van der Waals surface area contributed by atoms with E-state index in [0.29, 0.717) is 5.92 Å². The summed E-state index contributed by atoms with van der Waals surface area (Å²) in [6, 6.07) is 6.00. The zero-order chi connectivity index (χ0) is 9.26. The average molecular weight is 174 g/mol. The van der Waals surface area contributed by atoms with E-state index in [4.69, 9.17) is 4.42 Å². The van der Waals surface area contributed by atoms with Crippen LogP contribution in [0.25, 0.3) is 11.1 Å². The second-order valence-electron chi connectivity index (χ2n) is 3.43. The first-order chi connectivity index (χ1) is 6.27. The van der Waals surface area contributed by atoms with Crippen molar-refractivity contribution in [2.45, 2.75) is 13.3 Å². The van der Waals surface area contributed by atoms with Gasteiger partial charge >= 0.3 is 0 Å². The number of para-hydroxylation sites is 1. The second kappa shape index (κ2) is 3.21. The summed E-state index contributed by atoms with van der Waals surface area (Å²) in [5.41, 5.74) is 3.05. The molecule has 0 aliphatic heterocycles. The molecular formula is C11H12NO. The van der Waals surface area contributed by atoms with Crippen molar-refractivity contribution in [1.82, 2.24) is 4.98 Å². The molecule has 67 valence electrons. The Morgan fingerprint density at radius 2 is 2.38 bits per heavy atom. The number of nitrogens with zero attached hydrogens (tertiary/aromatic N) is 1. The Labute approximate surface area is 77.6 Å². The maximum atomic E-state index is 5.21. The number of hydrogen-bond donors (Lipinski definition) is 0. The van der Waals surface area contributed by atoms with Crippen LogP contribution in [-0.2, 0) is 6.42 Å². The monoisotopic (exact) mass is 174 g/mol. The van der Waals surface area contributed by atoms with E-state index >= 15 is 0 Å². The summed E-state index contributed by atoms with van der Waals surface area (Å²) in [6.07, 6.45) is 2.44. The number of benzene rings is 1. The van der Waals surface area contributed by atoms with E-state index in [0.717, 1.165) is 17.5 Å². The van der Waals surface area contributed by atoms with E-state index in [1.165, 1.54) is 12.0 Å². The number of fused-ring (bicyclic) bond motifs is 1. The molecule has 2 heteroatoms. The molecule has 0 fully saturated rings. The molecular weight excluding hydrogens is 162 g/mol. The van der Waals surface area contributed by atoms with Crippen LogP contribution in [0.5, 0.6) is 0 Å². The van der Waals surface area contributed by atoms with Crippen LogP contribution < -0.4 is 0 Å². The van der Waals surface area contributed by atoms with Crippen LogP contribution in [0.4, 0.5) is 0 Å². The van der Waals surface area contributed by atoms with Crippen LogP contribution in [0.2, 0.25) is 0 Å². The summed E-state index contributed by atoms with van der Waals surface area (Å²) in [5.74, 6) is 0.405. The molecule has 13 heavy (non-hydrogen) atoms. The van der Waals surface area contributed by atoms with Gasteiger partial charge in [-0.05, 0) is 24.0 Å². The first-order valence-electron chi connectivity index (χ1n) is 4.41. The molecule has 0 N–H and O–H groups in total. The lowest BCUT2D eigenvalue weighted by molar-refractivity contribution is 0.602. The number of rotatable bonds is 2. The van der Waals surface area contributed by atoms with Crippen molar-refractivity contribution < 1.29 is 4.42 Å². The Morgan fingerprint density at radius 1 is 1.54 bits per heavy atom. The molecule has 0 bridgehead atoms. The molecule has 0 amide bonds. The summed E-state index contributed by atoms with van der Waals surface area (Å²) in [6.45, 7) is 6.06. The molecule has 0 saturated carbocycles. The van der Waals surface area contributed by atoms with Crippen LogP contribution in [0, 0.1) is 12.8 Å². The van der Waals surface area contributed by atoms with Gasteiger partial charge in [0.25, 0.3) is 0 Å². The highest BCUT2D eigenvalue weighted by Crippen LogP contribution is 2.19. The van der Waals surface area contributed by atoms with E-state index in [1.807, 2.05) is 12.1 Å². The molecule has 2 nitrogen and oxygen atoms in total. The average Bonchev–Trinajstić information content (AvgIpc) is 2.51. The van der Waals surface area contributed by atoms with Crippen molar-refractivity contribution in [2.24, 2.45) is 5.92 Å². The van der Waals surface area contributed by atoms with E-state index in [2.05, 4.69) is 24.9 Å².